The van der Waals surface area contributed by atoms with E-state index in [1.54, 1.807) is 0 Å². The molecule has 2 aromatic rings. The summed E-state index contributed by atoms with van der Waals surface area (Å²) in [7, 11) is 0. The lowest BCUT2D eigenvalue weighted by atomic mass is 9.86. The molecule has 3 N–H and O–H groups in total. The van der Waals surface area contributed by atoms with Crippen molar-refractivity contribution >= 4 is 17.7 Å². The van der Waals surface area contributed by atoms with Crippen molar-refractivity contribution in [3.05, 3.63) is 35.2 Å². The van der Waals surface area contributed by atoms with Gasteiger partial charge < -0.3 is 15.9 Å². The fourth-order valence-corrected chi connectivity index (χ4v) is 4.20. The van der Waals surface area contributed by atoms with Gasteiger partial charge in [0, 0.05) is 6.04 Å². The van der Waals surface area contributed by atoms with Crippen LogP contribution >= 0.6 is 11.8 Å². The van der Waals surface area contributed by atoms with Crippen molar-refractivity contribution in [3.8, 4) is 5.75 Å². The maximum Gasteiger partial charge on any atom is 0.230 e. The van der Waals surface area contributed by atoms with Crippen LogP contribution in [0.3, 0.4) is 0 Å². The number of carbonyl (C=O) groups excluding carboxylic acids is 1. The zero-order valence-corrected chi connectivity index (χ0v) is 17.6. The van der Waals surface area contributed by atoms with Gasteiger partial charge in [-0.25, -0.2) is 4.68 Å². The van der Waals surface area contributed by atoms with E-state index >= 15 is 0 Å². The van der Waals surface area contributed by atoms with Crippen LogP contribution in [-0.2, 0) is 11.4 Å². The first-order chi connectivity index (χ1) is 13.4. The highest BCUT2D eigenvalue weighted by Crippen LogP contribution is 2.24. The minimum atomic E-state index is 0.0137. The number of hydrogen-bond acceptors (Lipinski definition) is 6. The molecule has 1 heterocycles. The molecule has 1 aromatic heterocycles. The quantitative estimate of drug-likeness (QED) is 0.545. The Morgan fingerprint density at radius 3 is 2.86 bits per heavy atom. The number of aryl methyl sites for hydroxylation is 2. The normalized spacial score (nSPS) is 19.4. The third-order valence-electron chi connectivity index (χ3n) is 5.21. The highest BCUT2D eigenvalue weighted by Gasteiger charge is 2.23. The molecule has 3 rings (SSSR count). The van der Waals surface area contributed by atoms with Gasteiger partial charge in [0.15, 0.2) is 5.82 Å². The Balaban J connectivity index is 1.50. The Bertz CT molecular complexity index is 823. The number of nitrogen functional groups attached to an aromatic ring is 1. The number of nitrogens with zero attached hydrogens (tertiary/aromatic N) is 3. The maximum absolute atomic E-state index is 12.3. The summed E-state index contributed by atoms with van der Waals surface area (Å²) < 4.78 is 7.21. The third kappa shape index (κ3) is 5.19. The zero-order valence-electron chi connectivity index (χ0n) is 16.8. The molecule has 0 bridgehead atoms. The highest BCUT2D eigenvalue weighted by molar-refractivity contribution is 7.99. The number of benzene rings is 1. The second kappa shape index (κ2) is 9.32. The molecule has 1 aromatic carbocycles. The lowest BCUT2D eigenvalue weighted by Gasteiger charge is -2.29. The van der Waals surface area contributed by atoms with E-state index in [-0.39, 0.29) is 24.3 Å². The molecular formula is C20H29N5O2S. The summed E-state index contributed by atoms with van der Waals surface area (Å²) in [4.78, 5) is 12.3. The average molecular weight is 404 g/mol. The predicted molar refractivity (Wildman–Crippen MR) is 111 cm³/mol. The predicted octanol–water partition coefficient (Wildman–Crippen LogP) is 2.97. The van der Waals surface area contributed by atoms with Crippen LogP contribution in [0, 0.1) is 19.8 Å². The summed E-state index contributed by atoms with van der Waals surface area (Å²) in [6.45, 7) is 6.47. The highest BCUT2D eigenvalue weighted by atomic mass is 32.2. The SMILES string of the molecule is Cc1ccc(OCc2nnc(SCC(=O)N[C@H]3CCCC[C@@H]3C)n2N)c(C)c1. The number of rotatable bonds is 7. The average Bonchev–Trinajstić information content (AvgIpc) is 3.01. The molecule has 0 radical (unpaired) electrons. The van der Waals surface area contributed by atoms with Gasteiger partial charge in [0.25, 0.3) is 0 Å². The fourth-order valence-electron chi connectivity index (χ4n) is 3.52. The molecule has 0 spiro atoms. The van der Waals surface area contributed by atoms with Crippen molar-refractivity contribution in [1.29, 1.82) is 0 Å². The summed E-state index contributed by atoms with van der Waals surface area (Å²) in [6.07, 6.45) is 4.68. The molecule has 28 heavy (non-hydrogen) atoms. The minimum Gasteiger partial charge on any atom is -0.485 e. The number of aromatic nitrogens is 3. The molecule has 7 nitrogen and oxygen atoms in total. The summed E-state index contributed by atoms with van der Waals surface area (Å²) in [5.74, 6) is 8.22. The van der Waals surface area contributed by atoms with E-state index in [1.807, 2.05) is 26.0 Å². The standard InChI is InChI=1S/C20H29N5O2S/c1-13-8-9-17(15(3)10-13)27-11-18-23-24-20(25(18)21)28-12-19(26)22-16-7-5-4-6-14(16)2/h8-10,14,16H,4-7,11-12,21H2,1-3H3,(H,22,26)/t14-,16-/m0/s1. The number of nitrogens with two attached hydrogens (primary N) is 1. The topological polar surface area (TPSA) is 95.1 Å². The lowest BCUT2D eigenvalue weighted by molar-refractivity contribution is -0.119. The first kappa shape index (κ1) is 20.5. The molecule has 1 amide bonds. The Kier molecular flexibility index (Phi) is 6.83. The van der Waals surface area contributed by atoms with Crippen LogP contribution in [0.5, 0.6) is 5.75 Å². The summed E-state index contributed by atoms with van der Waals surface area (Å²) in [5, 5.41) is 11.8. The Morgan fingerprint density at radius 1 is 1.32 bits per heavy atom. The van der Waals surface area contributed by atoms with Gasteiger partial charge in [0.2, 0.25) is 11.1 Å². The molecular weight excluding hydrogens is 374 g/mol. The van der Waals surface area contributed by atoms with Crippen molar-refractivity contribution in [2.45, 2.75) is 64.3 Å². The Morgan fingerprint density at radius 2 is 2.11 bits per heavy atom. The van der Waals surface area contributed by atoms with Crippen LogP contribution in [0.25, 0.3) is 0 Å². The largest absolute Gasteiger partial charge is 0.485 e. The summed E-state index contributed by atoms with van der Waals surface area (Å²) >= 11 is 1.29. The van der Waals surface area contributed by atoms with E-state index < -0.39 is 0 Å². The van der Waals surface area contributed by atoms with Crippen molar-refractivity contribution in [2.75, 3.05) is 11.6 Å². The van der Waals surface area contributed by atoms with Crippen LogP contribution < -0.4 is 15.9 Å². The van der Waals surface area contributed by atoms with Gasteiger partial charge in [0.1, 0.15) is 12.4 Å². The van der Waals surface area contributed by atoms with Crippen LogP contribution in [0.4, 0.5) is 0 Å². The van der Waals surface area contributed by atoms with E-state index in [4.69, 9.17) is 10.6 Å². The van der Waals surface area contributed by atoms with E-state index in [0.717, 1.165) is 17.7 Å². The second-order valence-corrected chi connectivity index (χ2v) is 8.49. The molecule has 1 fully saturated rings. The van der Waals surface area contributed by atoms with Crippen molar-refractivity contribution in [3.63, 3.8) is 0 Å². The minimum absolute atomic E-state index is 0.0137. The molecule has 0 unspecified atom stereocenters. The number of nitrogens with one attached hydrogen (secondary N) is 1. The summed E-state index contributed by atoms with van der Waals surface area (Å²) in [6, 6.07) is 6.28. The second-order valence-electron chi connectivity index (χ2n) is 7.55. The van der Waals surface area contributed by atoms with Gasteiger partial charge in [-0.3, -0.25) is 4.79 Å². The van der Waals surface area contributed by atoms with Crippen LogP contribution in [0.15, 0.2) is 23.4 Å². The molecule has 1 aliphatic carbocycles. The van der Waals surface area contributed by atoms with Gasteiger partial charge >= 0.3 is 0 Å². The number of carbonyl (C=O) groups is 1. The zero-order chi connectivity index (χ0) is 20.1. The van der Waals surface area contributed by atoms with Crippen LogP contribution in [0.1, 0.15) is 49.6 Å². The number of thioether (sulfide) groups is 1. The van der Waals surface area contributed by atoms with Gasteiger partial charge in [-0.05, 0) is 44.2 Å². The van der Waals surface area contributed by atoms with E-state index in [0.29, 0.717) is 16.9 Å². The molecule has 1 saturated carbocycles. The summed E-state index contributed by atoms with van der Waals surface area (Å²) in [5.41, 5.74) is 2.25. The number of ether oxygens (including phenoxy) is 1. The molecule has 0 aliphatic heterocycles. The van der Waals surface area contributed by atoms with E-state index in [1.165, 1.54) is 41.3 Å². The van der Waals surface area contributed by atoms with Gasteiger partial charge in [0.05, 0.1) is 5.75 Å². The van der Waals surface area contributed by atoms with E-state index in [9.17, 15) is 4.79 Å². The van der Waals surface area contributed by atoms with Crippen molar-refractivity contribution in [2.24, 2.45) is 5.92 Å². The van der Waals surface area contributed by atoms with Gasteiger partial charge in [-0.1, -0.05) is 49.2 Å². The monoisotopic (exact) mass is 403 g/mol. The van der Waals surface area contributed by atoms with Gasteiger partial charge in [-0.2, -0.15) is 0 Å². The number of hydrogen-bond donors (Lipinski definition) is 2. The van der Waals surface area contributed by atoms with Crippen molar-refractivity contribution in [1.82, 2.24) is 20.2 Å². The smallest absolute Gasteiger partial charge is 0.230 e. The van der Waals surface area contributed by atoms with Crippen molar-refractivity contribution < 1.29 is 9.53 Å². The van der Waals surface area contributed by atoms with Gasteiger partial charge in [-0.15, -0.1) is 10.2 Å². The van der Waals surface area contributed by atoms with Crippen LogP contribution in [0.2, 0.25) is 0 Å². The Labute approximate surface area is 170 Å². The first-order valence-electron chi connectivity index (χ1n) is 9.75. The van der Waals surface area contributed by atoms with Crippen LogP contribution in [-0.4, -0.2) is 32.6 Å². The molecule has 152 valence electrons. The molecule has 2 atom stereocenters. The first-order valence-corrected chi connectivity index (χ1v) is 10.7. The molecule has 8 heteroatoms. The Hall–Kier alpha value is -2.22. The third-order valence-corrected chi connectivity index (χ3v) is 6.16. The maximum atomic E-state index is 12.3. The fraction of sp³-hybridized carbons (Fsp3) is 0.550. The van der Waals surface area contributed by atoms with E-state index in [2.05, 4.69) is 28.5 Å². The molecule has 0 saturated heterocycles. The lowest BCUT2D eigenvalue weighted by Crippen LogP contribution is -2.41. The number of amides is 1. The molecule has 1 aliphatic rings.